The van der Waals surface area contributed by atoms with Crippen molar-refractivity contribution >= 4 is 15.0 Å². The number of sulfone groups is 1. The van der Waals surface area contributed by atoms with Crippen LogP contribution >= 0.6 is 0 Å². The van der Waals surface area contributed by atoms with Gasteiger partial charge in [-0.1, -0.05) is 48.0 Å². The Labute approximate surface area is 118 Å². The number of aryl methyl sites for hydroxylation is 1. The zero-order valence-electron chi connectivity index (χ0n) is 11.2. The van der Waals surface area contributed by atoms with Crippen LogP contribution in [0.5, 0.6) is 0 Å². The van der Waals surface area contributed by atoms with Crippen LogP contribution in [0.3, 0.4) is 0 Å². The lowest BCUT2D eigenvalue weighted by Gasteiger charge is -2.04. The number of hydrogen-bond acceptors (Lipinski definition) is 3. The lowest BCUT2D eigenvalue weighted by molar-refractivity contribution is 0.606. The predicted molar refractivity (Wildman–Crippen MR) is 80.1 cm³/mol. The molecule has 5 heteroatoms. The maximum absolute atomic E-state index is 12.2. The highest BCUT2D eigenvalue weighted by molar-refractivity contribution is 8.06. The molecule has 0 radical (unpaired) electrons. The molecule has 0 bridgehead atoms. The Balaban J connectivity index is 2.23. The van der Waals surface area contributed by atoms with Crippen molar-refractivity contribution in [2.45, 2.75) is 18.4 Å². The molecule has 2 N–H and O–H groups in total. The molecule has 0 unspecified atom stereocenters. The van der Waals surface area contributed by atoms with Gasteiger partial charge in [0, 0.05) is 0 Å². The second-order valence-corrected chi connectivity index (χ2v) is 6.35. The molecule has 20 heavy (non-hydrogen) atoms. The molecule has 0 aliphatic heterocycles. The Morgan fingerprint density at radius 1 is 1.05 bits per heavy atom. The van der Waals surface area contributed by atoms with Crippen LogP contribution in [0, 0.1) is 6.92 Å². The van der Waals surface area contributed by atoms with E-state index in [1.165, 1.54) is 12.1 Å². The zero-order valence-corrected chi connectivity index (χ0v) is 12.0. The van der Waals surface area contributed by atoms with E-state index in [2.05, 4.69) is 4.99 Å². The van der Waals surface area contributed by atoms with E-state index in [0.717, 1.165) is 11.1 Å². The van der Waals surface area contributed by atoms with Crippen LogP contribution in [0.15, 0.2) is 64.5 Å². The van der Waals surface area contributed by atoms with Crippen molar-refractivity contribution < 1.29 is 8.42 Å². The summed E-state index contributed by atoms with van der Waals surface area (Å²) in [6.07, 6.45) is 0. The van der Waals surface area contributed by atoms with Gasteiger partial charge in [-0.3, -0.25) is 4.99 Å². The van der Waals surface area contributed by atoms with Crippen LogP contribution in [0.1, 0.15) is 11.1 Å². The Kier molecular flexibility index (Phi) is 4.20. The van der Waals surface area contributed by atoms with E-state index in [0.29, 0.717) is 0 Å². The average Bonchev–Trinajstić information content (AvgIpc) is 2.46. The molecule has 0 saturated heterocycles. The van der Waals surface area contributed by atoms with Gasteiger partial charge in [-0.2, -0.15) is 0 Å². The van der Waals surface area contributed by atoms with Gasteiger partial charge in [0.25, 0.3) is 0 Å². The first-order valence-corrected chi connectivity index (χ1v) is 7.64. The number of benzene rings is 2. The van der Waals surface area contributed by atoms with Crippen molar-refractivity contribution in [3.05, 3.63) is 65.7 Å². The summed E-state index contributed by atoms with van der Waals surface area (Å²) in [4.78, 5) is 4.14. The minimum atomic E-state index is -3.70. The molecule has 4 nitrogen and oxygen atoms in total. The fourth-order valence-corrected chi connectivity index (χ4v) is 2.65. The van der Waals surface area contributed by atoms with E-state index >= 15 is 0 Å². The van der Waals surface area contributed by atoms with Gasteiger partial charge in [0.05, 0.1) is 11.4 Å². The fourth-order valence-electron chi connectivity index (χ4n) is 1.68. The third kappa shape index (κ3) is 3.24. The van der Waals surface area contributed by atoms with Crippen LogP contribution in [0.2, 0.25) is 0 Å². The second-order valence-electron chi connectivity index (χ2n) is 4.46. The third-order valence-electron chi connectivity index (χ3n) is 2.87. The number of aliphatic imine (C=N–C) groups is 1. The summed E-state index contributed by atoms with van der Waals surface area (Å²) in [5.41, 5.74) is 7.53. The number of amidine groups is 1. The van der Waals surface area contributed by atoms with Gasteiger partial charge in [0.2, 0.25) is 15.0 Å². The molecule has 0 aliphatic carbocycles. The molecule has 0 amide bonds. The first kappa shape index (κ1) is 14.3. The zero-order chi connectivity index (χ0) is 14.6. The molecule has 0 heterocycles. The highest BCUT2D eigenvalue weighted by Gasteiger charge is 2.19. The number of hydrogen-bond donors (Lipinski definition) is 1. The predicted octanol–water partition coefficient (Wildman–Crippen LogP) is 2.28. The Hall–Kier alpha value is -2.14. The molecule has 0 fully saturated rings. The van der Waals surface area contributed by atoms with E-state index in [-0.39, 0.29) is 16.6 Å². The van der Waals surface area contributed by atoms with E-state index in [1.54, 1.807) is 12.1 Å². The molecule has 104 valence electrons. The Morgan fingerprint density at radius 3 is 2.25 bits per heavy atom. The number of nitrogens with two attached hydrogens (primary N) is 1. The maximum Gasteiger partial charge on any atom is 0.238 e. The van der Waals surface area contributed by atoms with Crippen LogP contribution in [0.25, 0.3) is 0 Å². The lowest BCUT2D eigenvalue weighted by Crippen LogP contribution is -2.24. The summed E-state index contributed by atoms with van der Waals surface area (Å²) >= 11 is 0. The normalized spacial score (nSPS) is 12.3. The van der Waals surface area contributed by atoms with Crippen LogP contribution < -0.4 is 5.73 Å². The van der Waals surface area contributed by atoms with E-state index < -0.39 is 9.84 Å². The van der Waals surface area contributed by atoms with E-state index in [1.807, 2.05) is 37.3 Å². The van der Waals surface area contributed by atoms with Gasteiger partial charge < -0.3 is 5.73 Å². The molecule has 0 saturated carbocycles. The maximum atomic E-state index is 12.2. The van der Waals surface area contributed by atoms with Crippen LogP contribution in [0.4, 0.5) is 0 Å². The first-order valence-electron chi connectivity index (χ1n) is 6.16. The summed E-state index contributed by atoms with van der Waals surface area (Å²) in [6, 6.07) is 15.9. The van der Waals surface area contributed by atoms with Crippen molar-refractivity contribution in [2.75, 3.05) is 0 Å². The molecular formula is C15H16N2O2S. The monoisotopic (exact) mass is 288 g/mol. The summed E-state index contributed by atoms with van der Waals surface area (Å²) < 4.78 is 24.4. The summed E-state index contributed by atoms with van der Waals surface area (Å²) in [5.74, 6) is 0. The molecule has 0 atom stereocenters. The molecule has 2 aromatic carbocycles. The summed E-state index contributed by atoms with van der Waals surface area (Å²) in [5, 5.41) is -0.356. The largest absolute Gasteiger partial charge is 0.374 e. The van der Waals surface area contributed by atoms with Gasteiger partial charge in [-0.05, 0) is 24.6 Å². The minimum absolute atomic E-state index is 0.164. The van der Waals surface area contributed by atoms with E-state index in [4.69, 9.17) is 5.73 Å². The molecular weight excluding hydrogens is 272 g/mol. The topological polar surface area (TPSA) is 72.5 Å². The SMILES string of the molecule is Cc1ccc(S(=O)(=O)C(N)=NCc2ccccc2)cc1. The van der Waals surface area contributed by atoms with Crippen molar-refractivity contribution in [2.24, 2.45) is 10.7 Å². The van der Waals surface area contributed by atoms with Crippen molar-refractivity contribution in [1.82, 2.24) is 0 Å². The van der Waals surface area contributed by atoms with Crippen LogP contribution in [-0.2, 0) is 16.4 Å². The second kappa shape index (κ2) is 5.88. The van der Waals surface area contributed by atoms with Crippen molar-refractivity contribution in [3.63, 3.8) is 0 Å². The summed E-state index contributed by atoms with van der Waals surface area (Å²) in [6.45, 7) is 2.14. The third-order valence-corrected chi connectivity index (χ3v) is 4.44. The van der Waals surface area contributed by atoms with Crippen molar-refractivity contribution in [3.8, 4) is 0 Å². The first-order chi connectivity index (χ1) is 9.50. The van der Waals surface area contributed by atoms with E-state index in [9.17, 15) is 8.42 Å². The Bertz CT molecular complexity index is 705. The van der Waals surface area contributed by atoms with Gasteiger partial charge in [-0.15, -0.1) is 0 Å². The van der Waals surface area contributed by atoms with Crippen LogP contribution in [-0.4, -0.2) is 13.6 Å². The average molecular weight is 288 g/mol. The number of rotatable bonds is 3. The van der Waals surface area contributed by atoms with Gasteiger partial charge in [0.1, 0.15) is 0 Å². The molecule has 2 rings (SSSR count). The number of nitrogens with zero attached hydrogens (tertiary/aromatic N) is 1. The highest BCUT2D eigenvalue weighted by Crippen LogP contribution is 2.12. The molecule has 0 spiro atoms. The molecule has 0 aliphatic rings. The standard InChI is InChI=1S/C15H16N2O2S/c1-12-7-9-14(10-8-12)20(18,19)15(16)17-11-13-5-3-2-4-6-13/h2-10H,11H2,1H3,(H2,16,17). The quantitative estimate of drug-likeness (QED) is 0.695. The Morgan fingerprint density at radius 2 is 1.65 bits per heavy atom. The molecule has 0 aromatic heterocycles. The smallest absolute Gasteiger partial charge is 0.238 e. The highest BCUT2D eigenvalue weighted by atomic mass is 32.2. The molecule has 2 aromatic rings. The van der Waals surface area contributed by atoms with Gasteiger partial charge >= 0.3 is 0 Å². The fraction of sp³-hybridized carbons (Fsp3) is 0.133. The van der Waals surface area contributed by atoms with Gasteiger partial charge in [0.15, 0.2) is 0 Å². The minimum Gasteiger partial charge on any atom is -0.374 e. The lowest BCUT2D eigenvalue weighted by atomic mass is 10.2. The summed E-state index contributed by atoms with van der Waals surface area (Å²) in [7, 11) is -3.70. The van der Waals surface area contributed by atoms with Crippen molar-refractivity contribution in [1.29, 1.82) is 0 Å². The van der Waals surface area contributed by atoms with Gasteiger partial charge in [-0.25, -0.2) is 8.42 Å².